The molecule has 0 aromatic rings. The molecule has 0 bridgehead atoms. The van der Waals surface area contributed by atoms with E-state index in [1.807, 2.05) is 0 Å². The normalized spacial score (nSPS) is 12.0. The van der Waals surface area contributed by atoms with Crippen LogP contribution in [-0.2, 0) is 14.3 Å². The Morgan fingerprint density at radius 3 is 1.47 bits per heavy atom. The zero-order valence-corrected chi connectivity index (χ0v) is 33.2. The molecule has 6 heteroatoms. The molecule has 0 N–H and O–H groups in total. The summed E-state index contributed by atoms with van der Waals surface area (Å²) in [7, 11) is 4.27. The van der Waals surface area contributed by atoms with Gasteiger partial charge in [0.1, 0.15) is 0 Å². The fraction of sp³-hybridized carbons (Fsp3) is 0.854. The highest BCUT2D eigenvalue weighted by atomic mass is 32.2. The van der Waals surface area contributed by atoms with Crippen LogP contribution in [0.4, 0.5) is 0 Å². The first-order valence-corrected chi connectivity index (χ1v) is 21.8. The third-order valence-electron chi connectivity index (χ3n) is 8.63. The Hall–Kier alpha value is -0.560. The lowest BCUT2D eigenvalue weighted by molar-refractivity contribution is -0.111. The van der Waals surface area contributed by atoms with E-state index in [2.05, 4.69) is 57.1 Å². The Kier molecular flexibility index (Phi) is 37.8. The van der Waals surface area contributed by atoms with Crippen LogP contribution in [0.5, 0.6) is 0 Å². The van der Waals surface area contributed by atoms with Gasteiger partial charge in [0.25, 0.3) is 0 Å². The summed E-state index contributed by atoms with van der Waals surface area (Å²) in [5.41, 5.74) is 0. The molecule has 0 fully saturated rings. The van der Waals surface area contributed by atoms with E-state index in [1.54, 1.807) is 0 Å². The highest BCUT2D eigenvalue weighted by Gasteiger charge is 2.10. The van der Waals surface area contributed by atoms with Crippen molar-refractivity contribution in [3.8, 4) is 0 Å². The second-order valence-electron chi connectivity index (χ2n) is 13.6. The van der Waals surface area contributed by atoms with Crippen molar-refractivity contribution in [3.63, 3.8) is 0 Å². The van der Waals surface area contributed by atoms with E-state index in [0.29, 0.717) is 16.3 Å². The Labute approximate surface area is 301 Å². The molecule has 0 rings (SSSR count). The lowest BCUT2D eigenvalue weighted by Gasteiger charge is -2.18. The van der Waals surface area contributed by atoms with Crippen LogP contribution in [0, 0.1) is 0 Å². The van der Waals surface area contributed by atoms with Crippen LogP contribution >= 0.6 is 23.5 Å². The van der Waals surface area contributed by atoms with Gasteiger partial charge in [-0.25, -0.2) is 0 Å². The number of unbranched alkanes of at least 4 members (excludes halogenated alkanes) is 17. The van der Waals surface area contributed by atoms with Gasteiger partial charge < -0.3 is 9.64 Å². The van der Waals surface area contributed by atoms with E-state index in [9.17, 15) is 9.59 Å². The maximum absolute atomic E-state index is 12.2. The lowest BCUT2D eigenvalue weighted by atomic mass is 10.0. The van der Waals surface area contributed by atoms with Crippen LogP contribution in [0.3, 0.4) is 0 Å². The molecule has 276 valence electrons. The zero-order valence-electron chi connectivity index (χ0n) is 31.6. The van der Waals surface area contributed by atoms with Crippen molar-refractivity contribution < 1.29 is 14.3 Å². The average molecular weight is 696 g/mol. The average Bonchev–Trinajstić information content (AvgIpc) is 3.05. The fourth-order valence-electron chi connectivity index (χ4n) is 5.61. The van der Waals surface area contributed by atoms with Crippen LogP contribution < -0.4 is 0 Å². The van der Waals surface area contributed by atoms with Gasteiger partial charge in [0, 0.05) is 31.0 Å². The van der Waals surface area contributed by atoms with Crippen molar-refractivity contribution in [1.29, 1.82) is 0 Å². The molecule has 0 atom stereocenters. The van der Waals surface area contributed by atoms with Crippen LogP contribution in [-0.4, -0.2) is 60.0 Å². The molecule has 0 spiro atoms. The predicted octanol–water partition coefficient (Wildman–Crippen LogP) is 12.7. The first kappa shape index (κ1) is 46.4. The first-order chi connectivity index (χ1) is 23.0. The van der Waals surface area contributed by atoms with Gasteiger partial charge in [-0.3, -0.25) is 9.59 Å². The summed E-state index contributed by atoms with van der Waals surface area (Å²) in [6.07, 6.45) is 39.8. The van der Waals surface area contributed by atoms with E-state index >= 15 is 0 Å². The van der Waals surface area contributed by atoms with Crippen LogP contribution in [0.25, 0.3) is 0 Å². The minimum atomic E-state index is 0.352. The predicted molar refractivity (Wildman–Crippen MR) is 213 cm³/mol. The molecule has 0 radical (unpaired) electrons. The maximum atomic E-state index is 12.2. The first-order valence-electron chi connectivity index (χ1n) is 19.9. The second-order valence-corrected chi connectivity index (χ2v) is 15.8. The van der Waals surface area contributed by atoms with Crippen molar-refractivity contribution in [2.75, 3.05) is 38.8 Å². The summed E-state index contributed by atoms with van der Waals surface area (Å²) >= 11 is 2.97. The zero-order chi connectivity index (χ0) is 34.5. The van der Waals surface area contributed by atoms with Crippen molar-refractivity contribution in [3.05, 3.63) is 24.3 Å². The molecular weight excluding hydrogens is 619 g/mol. The Morgan fingerprint density at radius 2 is 1.00 bits per heavy atom. The molecule has 0 saturated heterocycles. The van der Waals surface area contributed by atoms with E-state index in [-0.39, 0.29) is 0 Å². The number of allylic oxidation sites excluding steroid dienone is 2. The highest BCUT2D eigenvalue weighted by molar-refractivity contribution is 8.14. The number of hydrogen-bond acceptors (Lipinski definition) is 6. The van der Waals surface area contributed by atoms with Crippen LogP contribution in [0.1, 0.15) is 181 Å². The van der Waals surface area contributed by atoms with Gasteiger partial charge in [-0.15, -0.1) is 0 Å². The van der Waals surface area contributed by atoms with Crippen LogP contribution in [0.15, 0.2) is 24.3 Å². The quantitative estimate of drug-likeness (QED) is 0.0480. The van der Waals surface area contributed by atoms with Crippen molar-refractivity contribution in [2.45, 2.75) is 187 Å². The Morgan fingerprint density at radius 1 is 0.553 bits per heavy atom. The van der Waals surface area contributed by atoms with Gasteiger partial charge >= 0.3 is 0 Å². The molecule has 0 aliphatic heterocycles. The minimum Gasteiger partial charge on any atom is -0.378 e. The van der Waals surface area contributed by atoms with Crippen molar-refractivity contribution in [2.24, 2.45) is 0 Å². The number of hydrogen-bond donors (Lipinski definition) is 0. The number of nitrogens with zero attached hydrogens (tertiary/aromatic N) is 1. The minimum absolute atomic E-state index is 0.352. The van der Waals surface area contributed by atoms with Crippen molar-refractivity contribution in [1.82, 2.24) is 4.90 Å². The number of thioether (sulfide) groups is 2. The molecule has 0 aromatic heterocycles. The molecule has 0 saturated carbocycles. The SMILES string of the molecule is CCCCCC/C=C\CSC(=O)CCCCCCCC(CCCCCCCC(=O)SC/C=C\CCCCCC)OCCCCN(C)C. The van der Waals surface area contributed by atoms with E-state index in [4.69, 9.17) is 4.74 Å². The van der Waals surface area contributed by atoms with Gasteiger partial charge in [-0.1, -0.05) is 152 Å². The number of ether oxygens (including phenoxy) is 1. The largest absolute Gasteiger partial charge is 0.378 e. The fourth-order valence-corrected chi connectivity index (χ4v) is 7.02. The molecular formula is C41H77NO3S2. The highest BCUT2D eigenvalue weighted by Crippen LogP contribution is 2.19. The Balaban J connectivity index is 3.99. The third-order valence-corrected chi connectivity index (χ3v) is 10.4. The van der Waals surface area contributed by atoms with E-state index in [1.165, 1.54) is 120 Å². The van der Waals surface area contributed by atoms with Crippen molar-refractivity contribution >= 4 is 33.8 Å². The summed E-state index contributed by atoms with van der Waals surface area (Å²) in [6.45, 7) is 6.49. The van der Waals surface area contributed by atoms with Gasteiger partial charge in [-0.2, -0.15) is 0 Å². The summed E-state index contributed by atoms with van der Waals surface area (Å²) in [5.74, 6) is 1.67. The van der Waals surface area contributed by atoms with Gasteiger partial charge in [0.2, 0.25) is 0 Å². The molecule has 0 aliphatic rings. The number of carbonyl (C=O) groups excluding carboxylic acids is 2. The molecule has 0 amide bonds. The molecule has 0 unspecified atom stereocenters. The van der Waals surface area contributed by atoms with E-state index in [0.717, 1.165) is 95.3 Å². The summed E-state index contributed by atoms with van der Waals surface area (Å²) in [5, 5.41) is 0.704. The lowest BCUT2D eigenvalue weighted by Crippen LogP contribution is -2.16. The standard InChI is InChI=1S/C41H77NO3S2/c1-5-7-9-11-13-21-29-37-46-40(43)33-25-19-15-17-23-31-39(45-36-28-27-35-42(3)4)32-24-18-16-20-26-34-41(44)47-38-30-22-14-12-10-8-6-2/h21-22,29-30,39H,5-20,23-28,31-38H2,1-4H3/b29-21-,30-22-. The molecule has 47 heavy (non-hydrogen) atoms. The molecule has 0 aliphatic carbocycles. The second kappa shape index (κ2) is 38.2. The summed E-state index contributed by atoms with van der Waals surface area (Å²) in [6, 6.07) is 0. The number of carbonyl (C=O) groups is 2. The summed E-state index contributed by atoms with van der Waals surface area (Å²) < 4.78 is 6.38. The molecule has 4 nitrogen and oxygen atoms in total. The number of rotatable bonds is 36. The monoisotopic (exact) mass is 696 g/mol. The van der Waals surface area contributed by atoms with Gasteiger partial charge in [0.15, 0.2) is 10.2 Å². The van der Waals surface area contributed by atoms with E-state index < -0.39 is 0 Å². The summed E-state index contributed by atoms with van der Waals surface area (Å²) in [4.78, 5) is 26.6. The van der Waals surface area contributed by atoms with Gasteiger partial charge in [-0.05, 0) is 84.8 Å². The van der Waals surface area contributed by atoms with Crippen LogP contribution in [0.2, 0.25) is 0 Å². The molecule has 0 heterocycles. The topological polar surface area (TPSA) is 46.6 Å². The Bertz CT molecular complexity index is 688. The van der Waals surface area contributed by atoms with Gasteiger partial charge in [0.05, 0.1) is 6.10 Å². The maximum Gasteiger partial charge on any atom is 0.189 e. The third kappa shape index (κ3) is 38.1. The smallest absolute Gasteiger partial charge is 0.189 e. The molecule has 0 aromatic carbocycles.